The summed E-state index contributed by atoms with van der Waals surface area (Å²) < 4.78 is 7.09. The predicted octanol–water partition coefficient (Wildman–Crippen LogP) is 2.48. The van der Waals surface area contributed by atoms with Crippen LogP contribution in [0.15, 0.2) is 53.3 Å². The van der Waals surface area contributed by atoms with Gasteiger partial charge in [-0.05, 0) is 43.2 Å². The molecule has 0 fully saturated rings. The molecule has 0 atom stereocenters. The summed E-state index contributed by atoms with van der Waals surface area (Å²) in [5.74, 6) is 0.779. The summed E-state index contributed by atoms with van der Waals surface area (Å²) in [6, 6.07) is 15.1. The van der Waals surface area contributed by atoms with Crippen molar-refractivity contribution in [2.45, 2.75) is 26.3 Å². The summed E-state index contributed by atoms with van der Waals surface area (Å²) in [6.45, 7) is 3.65. The maximum absolute atomic E-state index is 12.0. The molecule has 3 aromatic rings. The Morgan fingerprint density at radius 1 is 1.15 bits per heavy atom. The molecule has 0 aliphatic rings. The highest BCUT2D eigenvalue weighted by atomic mass is 16.5. The van der Waals surface area contributed by atoms with Crippen molar-refractivity contribution < 1.29 is 9.53 Å². The zero-order chi connectivity index (χ0) is 18.4. The molecule has 0 saturated heterocycles. The molecule has 3 rings (SSSR count). The van der Waals surface area contributed by atoms with Gasteiger partial charge in [-0.25, -0.2) is 4.79 Å². The van der Waals surface area contributed by atoms with E-state index in [9.17, 15) is 9.59 Å². The first kappa shape index (κ1) is 17.8. The Kier molecular flexibility index (Phi) is 5.73. The average molecular weight is 353 g/mol. The average Bonchev–Trinajstić information content (AvgIpc) is 2.96. The van der Waals surface area contributed by atoms with E-state index in [-0.39, 0.29) is 11.6 Å². The van der Waals surface area contributed by atoms with Crippen molar-refractivity contribution in [3.05, 3.63) is 64.6 Å². The van der Waals surface area contributed by atoms with Crippen LogP contribution in [0.25, 0.3) is 11.0 Å². The Balaban J connectivity index is 1.46. The lowest BCUT2D eigenvalue weighted by molar-refractivity contribution is -0.120. The van der Waals surface area contributed by atoms with E-state index in [4.69, 9.17) is 4.74 Å². The smallest absolute Gasteiger partial charge is 0.326 e. The first-order valence-electron chi connectivity index (χ1n) is 8.83. The molecule has 1 amide bonds. The zero-order valence-electron chi connectivity index (χ0n) is 14.8. The van der Waals surface area contributed by atoms with Gasteiger partial charge in [0.1, 0.15) is 5.75 Å². The van der Waals surface area contributed by atoms with Gasteiger partial charge >= 0.3 is 5.69 Å². The zero-order valence-corrected chi connectivity index (χ0v) is 14.8. The van der Waals surface area contributed by atoms with Gasteiger partial charge in [-0.1, -0.05) is 24.3 Å². The molecule has 6 heteroatoms. The van der Waals surface area contributed by atoms with Crippen molar-refractivity contribution in [1.82, 2.24) is 14.9 Å². The van der Waals surface area contributed by atoms with Crippen LogP contribution in [0.3, 0.4) is 0 Å². The number of benzene rings is 2. The number of aromatic nitrogens is 2. The molecular weight excluding hydrogens is 330 g/mol. The molecular formula is C20H23N3O3. The number of nitrogens with zero attached hydrogens (tertiary/aromatic N) is 1. The largest absolute Gasteiger partial charge is 0.494 e. The van der Waals surface area contributed by atoms with Crippen LogP contribution in [0.1, 0.15) is 18.9 Å². The number of hydrogen-bond acceptors (Lipinski definition) is 3. The number of rotatable bonds is 8. The van der Waals surface area contributed by atoms with Crippen LogP contribution in [0.5, 0.6) is 5.75 Å². The number of hydrogen-bond donors (Lipinski definition) is 2. The summed E-state index contributed by atoms with van der Waals surface area (Å²) >= 11 is 0. The lowest BCUT2D eigenvalue weighted by Gasteiger charge is -2.07. The molecule has 136 valence electrons. The van der Waals surface area contributed by atoms with Gasteiger partial charge in [0.05, 0.1) is 24.1 Å². The molecule has 2 N–H and O–H groups in total. The van der Waals surface area contributed by atoms with Crippen molar-refractivity contribution in [1.29, 1.82) is 0 Å². The first-order chi connectivity index (χ1) is 12.7. The number of aromatic amines is 1. The van der Waals surface area contributed by atoms with Crippen LogP contribution in [0, 0.1) is 0 Å². The maximum atomic E-state index is 12.0. The van der Waals surface area contributed by atoms with E-state index < -0.39 is 0 Å². The van der Waals surface area contributed by atoms with Gasteiger partial charge < -0.3 is 15.0 Å². The molecule has 0 aliphatic carbocycles. The molecule has 6 nitrogen and oxygen atoms in total. The molecule has 2 aromatic carbocycles. The van der Waals surface area contributed by atoms with E-state index in [1.807, 2.05) is 55.5 Å². The van der Waals surface area contributed by atoms with Crippen LogP contribution in [-0.4, -0.2) is 28.6 Å². The fourth-order valence-corrected chi connectivity index (χ4v) is 2.91. The van der Waals surface area contributed by atoms with Crippen molar-refractivity contribution >= 4 is 16.9 Å². The van der Waals surface area contributed by atoms with Gasteiger partial charge in [0.2, 0.25) is 5.91 Å². The van der Waals surface area contributed by atoms with Crippen LogP contribution < -0.4 is 15.7 Å². The third kappa shape index (κ3) is 4.33. The van der Waals surface area contributed by atoms with Crippen LogP contribution in [-0.2, 0) is 17.8 Å². The van der Waals surface area contributed by atoms with Gasteiger partial charge in [-0.15, -0.1) is 0 Å². The molecule has 0 aliphatic heterocycles. The molecule has 0 unspecified atom stereocenters. The third-order valence-electron chi connectivity index (χ3n) is 4.16. The van der Waals surface area contributed by atoms with Gasteiger partial charge in [0.25, 0.3) is 0 Å². The topological polar surface area (TPSA) is 76.1 Å². The number of ether oxygens (including phenoxy) is 1. The van der Waals surface area contributed by atoms with E-state index in [0.29, 0.717) is 32.5 Å². The highest BCUT2D eigenvalue weighted by Crippen LogP contribution is 2.12. The normalized spacial score (nSPS) is 10.8. The Morgan fingerprint density at radius 2 is 1.92 bits per heavy atom. The fraction of sp³-hybridized carbons (Fsp3) is 0.300. The SMILES string of the molecule is CCOc1ccc(CC(=O)NCCCn2c(=O)[nH]c3ccccc32)cc1. The second kappa shape index (κ2) is 8.38. The Hall–Kier alpha value is -3.02. The highest BCUT2D eigenvalue weighted by Gasteiger charge is 2.06. The number of imidazole rings is 1. The number of para-hydroxylation sites is 2. The molecule has 26 heavy (non-hydrogen) atoms. The number of carbonyl (C=O) groups excluding carboxylic acids is 1. The van der Waals surface area contributed by atoms with Gasteiger partial charge in [0, 0.05) is 13.1 Å². The van der Waals surface area contributed by atoms with Gasteiger partial charge in [-0.3, -0.25) is 9.36 Å². The monoisotopic (exact) mass is 353 g/mol. The van der Waals surface area contributed by atoms with Crippen molar-refractivity contribution in [3.63, 3.8) is 0 Å². The third-order valence-corrected chi connectivity index (χ3v) is 4.16. The first-order valence-corrected chi connectivity index (χ1v) is 8.83. The standard InChI is InChI=1S/C20H23N3O3/c1-2-26-16-10-8-15(9-11-16)14-19(24)21-12-5-13-23-18-7-4-3-6-17(18)22-20(23)25/h3-4,6-11H,2,5,12-14H2,1H3,(H,21,24)(H,22,25). The molecule has 0 bridgehead atoms. The highest BCUT2D eigenvalue weighted by molar-refractivity contribution is 5.78. The summed E-state index contributed by atoms with van der Waals surface area (Å²) in [6.07, 6.45) is 1.02. The van der Waals surface area contributed by atoms with Crippen LogP contribution >= 0.6 is 0 Å². The summed E-state index contributed by atoms with van der Waals surface area (Å²) in [7, 11) is 0. The van der Waals surface area contributed by atoms with Gasteiger partial charge in [0.15, 0.2) is 0 Å². The number of carbonyl (C=O) groups is 1. The van der Waals surface area contributed by atoms with E-state index in [0.717, 1.165) is 22.3 Å². The van der Waals surface area contributed by atoms with Crippen molar-refractivity contribution in [2.75, 3.05) is 13.2 Å². The van der Waals surface area contributed by atoms with E-state index in [1.165, 1.54) is 0 Å². The molecule has 0 saturated carbocycles. The molecule has 1 aromatic heterocycles. The summed E-state index contributed by atoms with van der Waals surface area (Å²) in [5.41, 5.74) is 2.54. The second-order valence-electron chi connectivity index (χ2n) is 6.06. The van der Waals surface area contributed by atoms with E-state index in [2.05, 4.69) is 10.3 Å². The number of H-pyrrole nitrogens is 1. The lowest BCUT2D eigenvalue weighted by atomic mass is 10.1. The minimum absolute atomic E-state index is 0.0274. The second-order valence-corrected chi connectivity index (χ2v) is 6.06. The number of aryl methyl sites for hydroxylation is 1. The maximum Gasteiger partial charge on any atom is 0.326 e. The minimum Gasteiger partial charge on any atom is -0.494 e. The van der Waals surface area contributed by atoms with E-state index in [1.54, 1.807) is 4.57 Å². The minimum atomic E-state index is -0.119. The van der Waals surface area contributed by atoms with Crippen LogP contribution in [0.2, 0.25) is 0 Å². The Bertz CT molecular complexity index is 925. The fourth-order valence-electron chi connectivity index (χ4n) is 2.91. The van der Waals surface area contributed by atoms with Gasteiger partial charge in [-0.2, -0.15) is 0 Å². The lowest BCUT2D eigenvalue weighted by Crippen LogP contribution is -2.27. The van der Waals surface area contributed by atoms with E-state index >= 15 is 0 Å². The van der Waals surface area contributed by atoms with Crippen LogP contribution in [0.4, 0.5) is 0 Å². The quantitative estimate of drug-likeness (QED) is 0.611. The summed E-state index contributed by atoms with van der Waals surface area (Å²) in [4.78, 5) is 26.9. The Labute approximate surface area is 151 Å². The number of nitrogens with one attached hydrogen (secondary N) is 2. The Morgan fingerprint density at radius 3 is 2.69 bits per heavy atom. The predicted molar refractivity (Wildman–Crippen MR) is 102 cm³/mol. The molecule has 0 spiro atoms. The van der Waals surface area contributed by atoms with Crippen molar-refractivity contribution in [2.24, 2.45) is 0 Å². The number of fused-ring (bicyclic) bond motifs is 1. The van der Waals surface area contributed by atoms with Crippen molar-refractivity contribution in [3.8, 4) is 5.75 Å². The molecule has 1 heterocycles. The number of amides is 1. The summed E-state index contributed by atoms with van der Waals surface area (Å²) in [5, 5.41) is 2.91. The molecule has 0 radical (unpaired) electrons.